The first-order valence-corrected chi connectivity index (χ1v) is 8.12. The van der Waals surface area contributed by atoms with Crippen molar-refractivity contribution < 1.29 is 9.59 Å². The van der Waals surface area contributed by atoms with E-state index >= 15 is 0 Å². The number of carbonyl (C=O) groups excluding carboxylic acids is 2. The van der Waals surface area contributed by atoms with Crippen molar-refractivity contribution in [2.75, 3.05) is 24.5 Å². The van der Waals surface area contributed by atoms with Gasteiger partial charge in [-0.1, -0.05) is 12.1 Å². The Bertz CT molecular complexity index is 541. The van der Waals surface area contributed by atoms with Crippen LogP contribution < -0.4 is 15.5 Å². The van der Waals surface area contributed by atoms with E-state index in [2.05, 4.69) is 10.6 Å². The smallest absolute Gasteiger partial charge is 0.227 e. The van der Waals surface area contributed by atoms with Crippen LogP contribution in [0.5, 0.6) is 0 Å². The molecule has 0 atom stereocenters. The maximum Gasteiger partial charge on any atom is 0.227 e. The summed E-state index contributed by atoms with van der Waals surface area (Å²) in [6, 6.07) is 7.91. The molecule has 5 nitrogen and oxygen atoms in total. The Morgan fingerprint density at radius 1 is 1.22 bits per heavy atom. The molecule has 2 saturated heterocycles. The number of nitrogens with one attached hydrogen (secondary N) is 2. The van der Waals surface area contributed by atoms with E-state index in [1.807, 2.05) is 29.2 Å². The predicted molar refractivity (Wildman–Crippen MR) is 92.7 cm³/mol. The van der Waals surface area contributed by atoms with Crippen LogP contribution >= 0.6 is 12.4 Å². The van der Waals surface area contributed by atoms with Crippen LogP contribution in [0.3, 0.4) is 0 Å². The van der Waals surface area contributed by atoms with E-state index in [4.69, 9.17) is 0 Å². The summed E-state index contributed by atoms with van der Waals surface area (Å²) in [5.74, 6) is 0.495. The monoisotopic (exact) mass is 337 g/mol. The molecule has 1 aromatic rings. The number of nitrogens with zero attached hydrogens (tertiary/aromatic N) is 1. The molecule has 2 amide bonds. The number of anilines is 1. The lowest BCUT2D eigenvalue weighted by atomic mass is 9.97. The highest BCUT2D eigenvalue weighted by atomic mass is 35.5. The molecule has 0 aliphatic carbocycles. The second-order valence-corrected chi connectivity index (χ2v) is 6.06. The van der Waals surface area contributed by atoms with Crippen LogP contribution in [0.25, 0.3) is 0 Å². The fourth-order valence-electron chi connectivity index (χ4n) is 3.13. The number of rotatable bonds is 4. The molecule has 2 fully saturated rings. The first-order valence-electron chi connectivity index (χ1n) is 8.12. The van der Waals surface area contributed by atoms with Crippen molar-refractivity contribution in [1.29, 1.82) is 0 Å². The first kappa shape index (κ1) is 17.8. The van der Waals surface area contributed by atoms with Crippen LogP contribution in [0, 0.1) is 5.92 Å². The number of hydrogen-bond donors (Lipinski definition) is 2. The molecule has 0 radical (unpaired) electrons. The lowest BCUT2D eigenvalue weighted by Crippen LogP contribution is -2.37. The summed E-state index contributed by atoms with van der Waals surface area (Å²) < 4.78 is 0. The molecule has 126 valence electrons. The Balaban J connectivity index is 0.00000192. The highest BCUT2D eigenvalue weighted by Gasteiger charge is 2.22. The summed E-state index contributed by atoms with van der Waals surface area (Å²) >= 11 is 0. The van der Waals surface area contributed by atoms with Gasteiger partial charge in [0.15, 0.2) is 0 Å². The molecule has 0 aromatic heterocycles. The van der Waals surface area contributed by atoms with Crippen LogP contribution in [-0.4, -0.2) is 31.4 Å². The number of amides is 2. The summed E-state index contributed by atoms with van der Waals surface area (Å²) in [6.45, 7) is 3.22. The van der Waals surface area contributed by atoms with Gasteiger partial charge < -0.3 is 15.5 Å². The molecular formula is C17H24ClN3O2. The van der Waals surface area contributed by atoms with E-state index in [0.29, 0.717) is 13.0 Å². The lowest BCUT2D eigenvalue weighted by molar-refractivity contribution is -0.125. The first-order chi connectivity index (χ1) is 10.7. The molecule has 0 saturated carbocycles. The van der Waals surface area contributed by atoms with E-state index in [1.54, 1.807) is 0 Å². The maximum absolute atomic E-state index is 12.1. The number of piperidine rings is 1. The third kappa shape index (κ3) is 4.45. The Morgan fingerprint density at radius 3 is 2.52 bits per heavy atom. The zero-order chi connectivity index (χ0) is 15.4. The summed E-state index contributed by atoms with van der Waals surface area (Å²) in [7, 11) is 0. The second-order valence-electron chi connectivity index (χ2n) is 6.06. The van der Waals surface area contributed by atoms with E-state index in [1.165, 1.54) is 0 Å². The minimum absolute atomic E-state index is 0. The fourth-order valence-corrected chi connectivity index (χ4v) is 3.13. The molecule has 2 aliphatic rings. The molecule has 0 spiro atoms. The third-order valence-electron chi connectivity index (χ3n) is 4.50. The van der Waals surface area contributed by atoms with Crippen LogP contribution in [0.2, 0.25) is 0 Å². The average Bonchev–Trinajstić information content (AvgIpc) is 3.00. The minimum Gasteiger partial charge on any atom is -0.352 e. The molecule has 2 heterocycles. The average molecular weight is 338 g/mol. The molecule has 0 bridgehead atoms. The highest BCUT2D eigenvalue weighted by Crippen LogP contribution is 2.21. The van der Waals surface area contributed by atoms with Crippen molar-refractivity contribution in [1.82, 2.24) is 10.6 Å². The quantitative estimate of drug-likeness (QED) is 0.881. The Morgan fingerprint density at radius 2 is 1.91 bits per heavy atom. The van der Waals surface area contributed by atoms with Crippen molar-refractivity contribution in [3.63, 3.8) is 0 Å². The van der Waals surface area contributed by atoms with Gasteiger partial charge in [-0.2, -0.15) is 0 Å². The number of benzene rings is 1. The molecule has 2 N–H and O–H groups in total. The van der Waals surface area contributed by atoms with Crippen molar-refractivity contribution in [3.8, 4) is 0 Å². The normalized spacial score (nSPS) is 18.6. The van der Waals surface area contributed by atoms with Crippen molar-refractivity contribution in [2.24, 2.45) is 5.92 Å². The van der Waals surface area contributed by atoms with Gasteiger partial charge in [0.25, 0.3) is 0 Å². The van der Waals surface area contributed by atoms with Gasteiger partial charge in [-0.15, -0.1) is 12.4 Å². The molecule has 3 rings (SSSR count). The van der Waals surface area contributed by atoms with Crippen molar-refractivity contribution >= 4 is 29.9 Å². The topological polar surface area (TPSA) is 61.4 Å². The van der Waals surface area contributed by atoms with Crippen LogP contribution in [-0.2, 0) is 16.1 Å². The fraction of sp³-hybridized carbons (Fsp3) is 0.529. The molecule has 1 aromatic carbocycles. The molecule has 6 heteroatoms. The zero-order valence-electron chi connectivity index (χ0n) is 13.2. The number of carbonyl (C=O) groups is 2. The SMILES string of the molecule is Cl.O=C(NCc1ccc(N2CCCC2=O)cc1)C1CCNCC1. The van der Waals surface area contributed by atoms with Crippen LogP contribution in [0.4, 0.5) is 5.69 Å². The molecule has 0 unspecified atom stereocenters. The summed E-state index contributed by atoms with van der Waals surface area (Å²) in [5, 5.41) is 6.29. The number of hydrogen-bond acceptors (Lipinski definition) is 3. The lowest BCUT2D eigenvalue weighted by Gasteiger charge is -2.22. The van der Waals surface area contributed by atoms with Gasteiger partial charge in [0.2, 0.25) is 11.8 Å². The second kappa shape index (κ2) is 8.31. The predicted octanol–water partition coefficient (Wildman–Crippen LogP) is 1.85. The standard InChI is InChI=1S/C17H23N3O2.ClH/c21-16-2-1-11-20(16)15-5-3-13(4-6-15)12-19-17(22)14-7-9-18-10-8-14;/h3-6,14,18H,1-2,7-12H2,(H,19,22);1H. The van der Waals surface area contributed by atoms with Gasteiger partial charge in [-0.25, -0.2) is 0 Å². The Labute approximate surface area is 143 Å². The van der Waals surface area contributed by atoms with E-state index in [9.17, 15) is 9.59 Å². The van der Waals surface area contributed by atoms with Gasteiger partial charge >= 0.3 is 0 Å². The van der Waals surface area contributed by atoms with Gasteiger partial charge in [0.05, 0.1) is 0 Å². The van der Waals surface area contributed by atoms with Gasteiger partial charge in [0.1, 0.15) is 0 Å². The Hall–Kier alpha value is -1.59. The largest absolute Gasteiger partial charge is 0.352 e. The third-order valence-corrected chi connectivity index (χ3v) is 4.50. The van der Waals surface area contributed by atoms with Gasteiger partial charge in [-0.05, 0) is 50.0 Å². The van der Waals surface area contributed by atoms with Crippen LogP contribution in [0.15, 0.2) is 24.3 Å². The summed E-state index contributed by atoms with van der Waals surface area (Å²) in [4.78, 5) is 25.6. The van der Waals surface area contributed by atoms with E-state index in [-0.39, 0.29) is 30.1 Å². The highest BCUT2D eigenvalue weighted by molar-refractivity contribution is 5.95. The van der Waals surface area contributed by atoms with Crippen molar-refractivity contribution in [3.05, 3.63) is 29.8 Å². The van der Waals surface area contributed by atoms with Gasteiger partial charge in [-0.3, -0.25) is 9.59 Å². The zero-order valence-corrected chi connectivity index (χ0v) is 14.0. The summed E-state index contributed by atoms with van der Waals surface area (Å²) in [6.07, 6.45) is 3.42. The maximum atomic E-state index is 12.1. The van der Waals surface area contributed by atoms with E-state index in [0.717, 1.165) is 50.1 Å². The molecule has 2 aliphatic heterocycles. The molecular weight excluding hydrogens is 314 g/mol. The molecule has 23 heavy (non-hydrogen) atoms. The van der Waals surface area contributed by atoms with Gasteiger partial charge in [0, 0.05) is 31.1 Å². The Kier molecular flexibility index (Phi) is 6.42. The van der Waals surface area contributed by atoms with Crippen molar-refractivity contribution in [2.45, 2.75) is 32.2 Å². The minimum atomic E-state index is 0. The van der Waals surface area contributed by atoms with E-state index < -0.39 is 0 Å². The summed E-state index contributed by atoms with van der Waals surface area (Å²) in [5.41, 5.74) is 2.02. The van der Waals surface area contributed by atoms with Crippen LogP contribution in [0.1, 0.15) is 31.2 Å². The number of halogens is 1.